The maximum Gasteiger partial charge on any atom is 0.123 e. The van der Waals surface area contributed by atoms with E-state index in [1.165, 1.54) is 18.2 Å². The summed E-state index contributed by atoms with van der Waals surface area (Å²) in [6.07, 6.45) is 1.54. The standard InChI is InChI=1S/C13H14O3/c1-4-8(2)13(9(3)14)11-7-10(15)5-6-12(11)16/h4-7,14-16H,1,3H2,2H3/b13-8+. The van der Waals surface area contributed by atoms with E-state index in [0.717, 1.165) is 0 Å². The van der Waals surface area contributed by atoms with Crippen LogP contribution in [0.15, 0.2) is 48.8 Å². The molecule has 0 atom stereocenters. The van der Waals surface area contributed by atoms with Crippen molar-refractivity contribution in [1.82, 2.24) is 0 Å². The van der Waals surface area contributed by atoms with Gasteiger partial charge < -0.3 is 15.3 Å². The quantitative estimate of drug-likeness (QED) is 0.415. The Balaban J connectivity index is 3.50. The highest BCUT2D eigenvalue weighted by Gasteiger charge is 2.13. The van der Waals surface area contributed by atoms with Gasteiger partial charge >= 0.3 is 0 Å². The molecule has 1 aromatic carbocycles. The number of aromatic hydroxyl groups is 2. The summed E-state index contributed by atoms with van der Waals surface area (Å²) < 4.78 is 0. The Kier molecular flexibility index (Phi) is 3.40. The first-order valence-corrected chi connectivity index (χ1v) is 4.71. The van der Waals surface area contributed by atoms with Gasteiger partial charge in [0.25, 0.3) is 0 Å². The van der Waals surface area contributed by atoms with E-state index in [-0.39, 0.29) is 17.3 Å². The minimum atomic E-state index is -0.182. The lowest BCUT2D eigenvalue weighted by Gasteiger charge is -2.11. The summed E-state index contributed by atoms with van der Waals surface area (Å²) in [5.74, 6) is -0.217. The van der Waals surface area contributed by atoms with Gasteiger partial charge in [-0.05, 0) is 30.7 Å². The minimum Gasteiger partial charge on any atom is -0.508 e. The van der Waals surface area contributed by atoms with Gasteiger partial charge in [0, 0.05) is 11.1 Å². The van der Waals surface area contributed by atoms with Crippen LogP contribution < -0.4 is 0 Å². The van der Waals surface area contributed by atoms with Crippen molar-refractivity contribution >= 4 is 5.57 Å². The smallest absolute Gasteiger partial charge is 0.123 e. The molecule has 0 aliphatic heterocycles. The van der Waals surface area contributed by atoms with E-state index in [2.05, 4.69) is 13.2 Å². The van der Waals surface area contributed by atoms with Crippen LogP contribution in [-0.4, -0.2) is 15.3 Å². The second-order valence-electron chi connectivity index (χ2n) is 3.41. The van der Waals surface area contributed by atoms with Crippen LogP contribution in [0.3, 0.4) is 0 Å². The molecule has 1 rings (SSSR count). The van der Waals surface area contributed by atoms with Gasteiger partial charge in [-0.1, -0.05) is 19.2 Å². The van der Waals surface area contributed by atoms with E-state index in [1.807, 2.05) is 0 Å². The van der Waals surface area contributed by atoms with Crippen molar-refractivity contribution in [3.63, 3.8) is 0 Å². The highest BCUT2D eigenvalue weighted by molar-refractivity contribution is 5.83. The lowest BCUT2D eigenvalue weighted by Crippen LogP contribution is -1.92. The number of rotatable bonds is 3. The largest absolute Gasteiger partial charge is 0.508 e. The summed E-state index contributed by atoms with van der Waals surface area (Å²) in [4.78, 5) is 0. The molecule has 84 valence electrons. The number of benzene rings is 1. The van der Waals surface area contributed by atoms with Crippen LogP contribution >= 0.6 is 0 Å². The molecule has 0 fully saturated rings. The van der Waals surface area contributed by atoms with Gasteiger partial charge in [-0.15, -0.1) is 0 Å². The Bertz CT molecular complexity index is 470. The number of hydrogen-bond acceptors (Lipinski definition) is 3. The van der Waals surface area contributed by atoms with E-state index < -0.39 is 0 Å². The van der Waals surface area contributed by atoms with Crippen LogP contribution in [0.4, 0.5) is 0 Å². The molecule has 1 aromatic rings. The fourth-order valence-corrected chi connectivity index (χ4v) is 1.42. The maximum absolute atomic E-state index is 9.67. The van der Waals surface area contributed by atoms with E-state index in [1.54, 1.807) is 13.0 Å². The topological polar surface area (TPSA) is 60.7 Å². The molecule has 16 heavy (non-hydrogen) atoms. The molecule has 0 saturated heterocycles. The van der Waals surface area contributed by atoms with Crippen LogP contribution in [0.1, 0.15) is 12.5 Å². The molecule has 3 N–H and O–H groups in total. The predicted molar refractivity (Wildman–Crippen MR) is 64.3 cm³/mol. The monoisotopic (exact) mass is 218 g/mol. The van der Waals surface area contributed by atoms with Crippen molar-refractivity contribution in [2.24, 2.45) is 0 Å². The Hall–Kier alpha value is -2.16. The number of hydrogen-bond donors (Lipinski definition) is 3. The third kappa shape index (κ3) is 2.25. The van der Waals surface area contributed by atoms with Crippen molar-refractivity contribution in [3.8, 4) is 11.5 Å². The molecular weight excluding hydrogens is 204 g/mol. The molecule has 3 nitrogen and oxygen atoms in total. The molecule has 0 aliphatic rings. The summed E-state index contributed by atoms with van der Waals surface area (Å²) in [7, 11) is 0. The van der Waals surface area contributed by atoms with Crippen molar-refractivity contribution < 1.29 is 15.3 Å². The van der Waals surface area contributed by atoms with E-state index >= 15 is 0 Å². The molecule has 0 aromatic heterocycles. The SMILES string of the molecule is C=C/C(C)=C(\C(=C)O)c1cc(O)ccc1O. The molecule has 0 amide bonds. The van der Waals surface area contributed by atoms with Gasteiger partial charge in [0.15, 0.2) is 0 Å². The van der Waals surface area contributed by atoms with Crippen LogP contribution in [0.25, 0.3) is 5.57 Å². The third-order valence-electron chi connectivity index (χ3n) is 2.24. The summed E-state index contributed by atoms with van der Waals surface area (Å²) in [5, 5.41) is 28.5. The summed E-state index contributed by atoms with van der Waals surface area (Å²) in [5.41, 5.74) is 1.35. The van der Waals surface area contributed by atoms with Crippen LogP contribution in [0.2, 0.25) is 0 Å². The predicted octanol–water partition coefficient (Wildman–Crippen LogP) is 3.13. The first-order valence-electron chi connectivity index (χ1n) is 4.71. The highest BCUT2D eigenvalue weighted by Crippen LogP contribution is 2.33. The summed E-state index contributed by atoms with van der Waals surface area (Å²) in [6, 6.07) is 4.07. The highest BCUT2D eigenvalue weighted by atomic mass is 16.3. The minimum absolute atomic E-state index is 0.00316. The lowest BCUT2D eigenvalue weighted by atomic mass is 9.98. The van der Waals surface area contributed by atoms with Crippen LogP contribution in [0.5, 0.6) is 11.5 Å². The van der Waals surface area contributed by atoms with Gasteiger partial charge in [-0.3, -0.25) is 0 Å². The normalized spacial score (nSPS) is 11.8. The Morgan fingerprint density at radius 1 is 1.31 bits per heavy atom. The second-order valence-corrected chi connectivity index (χ2v) is 3.41. The molecule has 0 aliphatic carbocycles. The number of aliphatic hydroxyl groups is 1. The van der Waals surface area contributed by atoms with Gasteiger partial charge in [0.2, 0.25) is 0 Å². The molecule has 0 spiro atoms. The van der Waals surface area contributed by atoms with E-state index in [0.29, 0.717) is 16.7 Å². The zero-order valence-electron chi connectivity index (χ0n) is 9.07. The molecule has 0 bridgehead atoms. The van der Waals surface area contributed by atoms with Gasteiger partial charge in [0.1, 0.15) is 17.3 Å². The maximum atomic E-state index is 9.67. The van der Waals surface area contributed by atoms with E-state index in [9.17, 15) is 15.3 Å². The number of phenolic OH excluding ortho intramolecular Hbond substituents is 2. The zero-order valence-corrected chi connectivity index (χ0v) is 9.07. The molecule has 0 radical (unpaired) electrons. The van der Waals surface area contributed by atoms with Crippen molar-refractivity contribution in [1.29, 1.82) is 0 Å². The first-order chi connectivity index (χ1) is 7.47. The summed E-state index contributed by atoms with van der Waals surface area (Å²) in [6.45, 7) is 8.75. The van der Waals surface area contributed by atoms with Crippen molar-refractivity contribution in [2.75, 3.05) is 0 Å². The third-order valence-corrected chi connectivity index (χ3v) is 2.24. The Morgan fingerprint density at radius 2 is 1.94 bits per heavy atom. The Labute approximate surface area is 94.3 Å². The zero-order chi connectivity index (χ0) is 12.3. The molecular formula is C13H14O3. The van der Waals surface area contributed by atoms with Crippen LogP contribution in [-0.2, 0) is 0 Å². The van der Waals surface area contributed by atoms with Crippen LogP contribution in [0, 0.1) is 0 Å². The first kappa shape index (κ1) is 11.9. The molecule has 0 saturated carbocycles. The number of phenols is 2. The fraction of sp³-hybridized carbons (Fsp3) is 0.0769. The van der Waals surface area contributed by atoms with Crippen molar-refractivity contribution in [2.45, 2.75) is 6.92 Å². The second kappa shape index (κ2) is 4.57. The average Bonchev–Trinajstić information content (AvgIpc) is 2.22. The average molecular weight is 218 g/mol. The molecule has 0 heterocycles. The Morgan fingerprint density at radius 3 is 2.44 bits per heavy atom. The fourth-order valence-electron chi connectivity index (χ4n) is 1.42. The summed E-state index contributed by atoms with van der Waals surface area (Å²) >= 11 is 0. The lowest BCUT2D eigenvalue weighted by molar-refractivity contribution is 0.436. The molecule has 0 unspecified atom stereocenters. The van der Waals surface area contributed by atoms with Crippen molar-refractivity contribution in [3.05, 3.63) is 54.3 Å². The van der Waals surface area contributed by atoms with Gasteiger partial charge in [0.05, 0.1) is 0 Å². The van der Waals surface area contributed by atoms with E-state index in [4.69, 9.17) is 0 Å². The molecule has 3 heteroatoms. The van der Waals surface area contributed by atoms with Gasteiger partial charge in [-0.25, -0.2) is 0 Å². The number of aliphatic hydroxyl groups excluding tert-OH is 1. The van der Waals surface area contributed by atoms with Gasteiger partial charge in [-0.2, -0.15) is 0 Å². The number of allylic oxidation sites excluding steroid dienone is 3.